The van der Waals surface area contributed by atoms with Crippen LogP contribution in [0.15, 0.2) is 5.38 Å². The van der Waals surface area contributed by atoms with Crippen molar-refractivity contribution in [3.05, 3.63) is 16.1 Å². The number of Topliss-reactive ketones (excluding diaryl/α,β-unsaturated/α-hetero) is 1. The summed E-state index contributed by atoms with van der Waals surface area (Å²) in [6, 6.07) is 0. The molecule has 0 bridgehead atoms. The van der Waals surface area contributed by atoms with Crippen LogP contribution in [0.2, 0.25) is 0 Å². The number of rotatable bonds is 6. The number of thiazole rings is 1. The van der Waals surface area contributed by atoms with Crippen molar-refractivity contribution in [2.75, 3.05) is 7.11 Å². The Balaban J connectivity index is 2.77. The molecule has 1 rings (SSSR count). The molecule has 0 unspecified atom stereocenters. The second kappa shape index (κ2) is 5.55. The summed E-state index contributed by atoms with van der Waals surface area (Å²) < 4.78 is 5.40. The molecule has 0 radical (unpaired) electrons. The first-order chi connectivity index (χ1) is 7.57. The van der Waals surface area contributed by atoms with E-state index in [1.54, 1.807) is 7.11 Å². The van der Waals surface area contributed by atoms with Crippen molar-refractivity contribution in [3.63, 3.8) is 0 Å². The van der Waals surface area contributed by atoms with E-state index in [1.165, 1.54) is 11.3 Å². The molecule has 0 aliphatic heterocycles. The van der Waals surface area contributed by atoms with Gasteiger partial charge in [-0.05, 0) is 19.8 Å². The first-order valence-electron chi connectivity index (χ1n) is 5.57. The topological polar surface area (TPSA) is 39.2 Å². The molecule has 0 aliphatic rings. The molecule has 0 N–H and O–H groups in total. The smallest absolute Gasteiger partial charge is 0.171 e. The van der Waals surface area contributed by atoms with Crippen LogP contribution in [-0.4, -0.2) is 23.5 Å². The Morgan fingerprint density at radius 2 is 2.12 bits per heavy atom. The van der Waals surface area contributed by atoms with Gasteiger partial charge >= 0.3 is 0 Å². The molecule has 3 nitrogen and oxygen atoms in total. The van der Waals surface area contributed by atoms with Crippen LogP contribution in [0.5, 0.6) is 0 Å². The van der Waals surface area contributed by atoms with E-state index in [0.29, 0.717) is 19.3 Å². The van der Waals surface area contributed by atoms with Gasteiger partial charge in [-0.1, -0.05) is 13.8 Å². The number of methoxy groups -OCH3 is 1. The van der Waals surface area contributed by atoms with Crippen LogP contribution in [0, 0.1) is 6.92 Å². The van der Waals surface area contributed by atoms with Gasteiger partial charge in [0.05, 0.1) is 6.42 Å². The minimum absolute atomic E-state index is 0.134. The molecule has 1 aromatic heterocycles. The van der Waals surface area contributed by atoms with Crippen LogP contribution in [0.3, 0.4) is 0 Å². The van der Waals surface area contributed by atoms with Crippen molar-refractivity contribution >= 4 is 17.1 Å². The molecule has 1 heterocycles. The quantitative estimate of drug-likeness (QED) is 0.768. The van der Waals surface area contributed by atoms with Gasteiger partial charge in [-0.25, -0.2) is 4.98 Å². The fraction of sp³-hybridized carbons (Fsp3) is 0.667. The third-order valence-corrected chi connectivity index (χ3v) is 3.99. The van der Waals surface area contributed by atoms with E-state index in [4.69, 9.17) is 4.74 Å². The number of ether oxygens (including phenoxy) is 1. The molecule has 0 fully saturated rings. The van der Waals surface area contributed by atoms with Crippen LogP contribution < -0.4 is 0 Å². The second-order valence-corrected chi connectivity index (χ2v) is 4.83. The van der Waals surface area contributed by atoms with Crippen molar-refractivity contribution in [2.45, 2.75) is 45.6 Å². The third-order valence-electron chi connectivity index (χ3n) is 3.02. The van der Waals surface area contributed by atoms with Gasteiger partial charge in [0.1, 0.15) is 10.6 Å². The largest absolute Gasteiger partial charge is 0.370 e. The average molecular weight is 241 g/mol. The number of carbonyl (C=O) groups is 1. The van der Waals surface area contributed by atoms with Crippen molar-refractivity contribution < 1.29 is 9.53 Å². The number of aromatic nitrogens is 1. The van der Waals surface area contributed by atoms with E-state index in [1.807, 2.05) is 26.2 Å². The number of nitrogens with zero attached hydrogens (tertiary/aromatic N) is 1. The summed E-state index contributed by atoms with van der Waals surface area (Å²) in [6.07, 6.45) is 1.81. The first-order valence-corrected chi connectivity index (χ1v) is 6.45. The maximum absolute atomic E-state index is 12.2. The first kappa shape index (κ1) is 13.3. The molecule has 0 atom stereocenters. The maximum Gasteiger partial charge on any atom is 0.171 e. The summed E-state index contributed by atoms with van der Waals surface area (Å²) in [5, 5.41) is 2.85. The van der Waals surface area contributed by atoms with E-state index in [9.17, 15) is 4.79 Å². The minimum Gasteiger partial charge on any atom is -0.370 e. The van der Waals surface area contributed by atoms with Crippen LogP contribution in [0.1, 0.15) is 37.4 Å². The normalized spacial score (nSPS) is 11.8. The Kier molecular flexibility index (Phi) is 4.62. The maximum atomic E-state index is 12.2. The molecule has 0 saturated heterocycles. The fourth-order valence-corrected chi connectivity index (χ4v) is 2.60. The zero-order valence-electron chi connectivity index (χ0n) is 10.4. The zero-order valence-corrected chi connectivity index (χ0v) is 11.2. The summed E-state index contributed by atoms with van der Waals surface area (Å²) in [7, 11) is 1.61. The van der Waals surface area contributed by atoms with Gasteiger partial charge in [0, 0.05) is 18.2 Å². The molecule has 4 heteroatoms. The molecule has 0 aliphatic carbocycles. The van der Waals surface area contributed by atoms with E-state index in [0.717, 1.165) is 10.7 Å². The molecule has 0 amide bonds. The molecule has 0 aromatic carbocycles. The van der Waals surface area contributed by atoms with Crippen molar-refractivity contribution in [1.82, 2.24) is 4.98 Å². The average Bonchev–Trinajstić information content (AvgIpc) is 2.67. The van der Waals surface area contributed by atoms with Crippen molar-refractivity contribution in [1.29, 1.82) is 0 Å². The molecular weight excluding hydrogens is 222 g/mol. The van der Waals surface area contributed by atoms with E-state index in [-0.39, 0.29) is 5.78 Å². The summed E-state index contributed by atoms with van der Waals surface area (Å²) >= 11 is 1.54. The lowest BCUT2D eigenvalue weighted by atomic mass is 9.90. The SMILES string of the molecule is CCC(CC)(OC)C(=O)Cc1nc(C)cs1. The van der Waals surface area contributed by atoms with Gasteiger partial charge in [0.25, 0.3) is 0 Å². The fourth-order valence-electron chi connectivity index (χ4n) is 1.83. The van der Waals surface area contributed by atoms with Gasteiger partial charge in [0.15, 0.2) is 5.78 Å². The Morgan fingerprint density at radius 1 is 1.50 bits per heavy atom. The standard InChI is InChI=1S/C12H19NO2S/c1-5-12(6-2,15-4)10(14)7-11-13-9(3)8-16-11/h8H,5-7H2,1-4H3. The number of hydrogen-bond donors (Lipinski definition) is 0. The molecule has 0 saturated carbocycles. The second-order valence-electron chi connectivity index (χ2n) is 3.89. The number of hydrogen-bond acceptors (Lipinski definition) is 4. The Hall–Kier alpha value is -0.740. The molecule has 0 spiro atoms. The third kappa shape index (κ3) is 2.68. The molecule has 16 heavy (non-hydrogen) atoms. The van der Waals surface area contributed by atoms with Gasteiger partial charge in [0.2, 0.25) is 0 Å². The minimum atomic E-state index is -0.625. The van der Waals surface area contributed by atoms with Crippen molar-refractivity contribution in [3.8, 4) is 0 Å². The molecular formula is C12H19NO2S. The zero-order chi connectivity index (χ0) is 12.2. The van der Waals surface area contributed by atoms with Gasteiger partial charge in [-0.3, -0.25) is 4.79 Å². The van der Waals surface area contributed by atoms with Gasteiger partial charge < -0.3 is 4.74 Å². The number of aryl methyl sites for hydroxylation is 1. The highest BCUT2D eigenvalue weighted by molar-refractivity contribution is 7.09. The lowest BCUT2D eigenvalue weighted by Gasteiger charge is -2.28. The monoisotopic (exact) mass is 241 g/mol. The highest BCUT2D eigenvalue weighted by Crippen LogP contribution is 2.23. The summed E-state index contributed by atoms with van der Waals surface area (Å²) in [6.45, 7) is 5.91. The highest BCUT2D eigenvalue weighted by Gasteiger charge is 2.34. The molecule has 90 valence electrons. The van der Waals surface area contributed by atoms with E-state index >= 15 is 0 Å². The van der Waals surface area contributed by atoms with Crippen LogP contribution >= 0.6 is 11.3 Å². The Morgan fingerprint density at radius 3 is 2.50 bits per heavy atom. The summed E-state index contributed by atoms with van der Waals surface area (Å²) in [5.74, 6) is 0.134. The van der Waals surface area contributed by atoms with Crippen molar-refractivity contribution in [2.24, 2.45) is 0 Å². The Bertz CT molecular complexity index is 347. The van der Waals surface area contributed by atoms with Crippen LogP contribution in [0.4, 0.5) is 0 Å². The highest BCUT2D eigenvalue weighted by atomic mass is 32.1. The van der Waals surface area contributed by atoms with Crippen LogP contribution in [-0.2, 0) is 16.0 Å². The van der Waals surface area contributed by atoms with Gasteiger partial charge in [-0.2, -0.15) is 0 Å². The summed E-state index contributed by atoms with van der Waals surface area (Å²) in [4.78, 5) is 16.5. The number of ketones is 1. The predicted molar refractivity (Wildman–Crippen MR) is 65.9 cm³/mol. The lowest BCUT2D eigenvalue weighted by molar-refractivity contribution is -0.141. The Labute approximate surface area is 101 Å². The van der Waals surface area contributed by atoms with Gasteiger partial charge in [-0.15, -0.1) is 11.3 Å². The van der Waals surface area contributed by atoms with E-state index in [2.05, 4.69) is 4.98 Å². The summed E-state index contributed by atoms with van der Waals surface area (Å²) in [5.41, 5.74) is 0.350. The van der Waals surface area contributed by atoms with E-state index < -0.39 is 5.60 Å². The number of carbonyl (C=O) groups excluding carboxylic acids is 1. The van der Waals surface area contributed by atoms with Crippen LogP contribution in [0.25, 0.3) is 0 Å². The lowest BCUT2D eigenvalue weighted by Crippen LogP contribution is -2.40. The molecule has 1 aromatic rings. The predicted octanol–water partition coefficient (Wildman–Crippen LogP) is 2.77.